The van der Waals surface area contributed by atoms with Gasteiger partial charge < -0.3 is 30.1 Å². The zero-order valence-electron chi connectivity index (χ0n) is 16.5. The van der Waals surface area contributed by atoms with Crippen molar-refractivity contribution in [3.63, 3.8) is 0 Å². The number of carbonyl (C=O) groups excluding carboxylic acids is 1. The molecule has 0 bridgehead atoms. The smallest absolute Gasteiger partial charge is 0.236 e. The minimum Gasteiger partial charge on any atom is -0.394 e. The van der Waals surface area contributed by atoms with E-state index < -0.39 is 37.1 Å². The van der Waals surface area contributed by atoms with E-state index in [1.54, 1.807) is 4.90 Å². The lowest BCUT2D eigenvalue weighted by Crippen LogP contribution is -2.58. The van der Waals surface area contributed by atoms with Gasteiger partial charge in [-0.3, -0.25) is 4.79 Å². The fourth-order valence-corrected chi connectivity index (χ4v) is 4.16. The number of para-hydroxylation sites is 1. The molecule has 6 atom stereocenters. The highest BCUT2D eigenvalue weighted by atomic mass is 16.5. The van der Waals surface area contributed by atoms with Crippen molar-refractivity contribution in [1.29, 1.82) is 0 Å². The van der Waals surface area contributed by atoms with Crippen molar-refractivity contribution in [2.24, 2.45) is 0 Å². The highest BCUT2D eigenvalue weighted by molar-refractivity contribution is 6.04. The Hall–Kier alpha value is -2.29. The van der Waals surface area contributed by atoms with Gasteiger partial charge in [0, 0.05) is 12.2 Å². The Labute approximate surface area is 175 Å². The maximum absolute atomic E-state index is 12.5. The number of aryl methyl sites for hydroxylation is 1. The van der Waals surface area contributed by atoms with Gasteiger partial charge in [0.1, 0.15) is 24.4 Å². The van der Waals surface area contributed by atoms with Gasteiger partial charge in [0.2, 0.25) is 5.91 Å². The quantitative estimate of drug-likeness (QED) is 0.516. The predicted molar refractivity (Wildman–Crippen MR) is 110 cm³/mol. The molecule has 0 aromatic heterocycles. The number of ether oxygens (including phenoxy) is 1. The van der Waals surface area contributed by atoms with Crippen LogP contribution in [0.1, 0.15) is 23.5 Å². The number of nitrogens with zero attached hydrogens (tertiary/aromatic N) is 1. The van der Waals surface area contributed by atoms with E-state index in [1.165, 1.54) is 0 Å². The number of benzene rings is 2. The maximum atomic E-state index is 12.5. The SMILES string of the molecule is O=C1C(c2ccc(CC[C@@H]3O[C@H](CO)[C@@H](O)[C@H](O)[C@H]3O)cc2)CN1c1ccccc1. The van der Waals surface area contributed by atoms with E-state index >= 15 is 0 Å². The summed E-state index contributed by atoms with van der Waals surface area (Å²) in [6.07, 6.45) is -4.42. The molecule has 7 nitrogen and oxygen atoms in total. The number of carbonyl (C=O) groups is 1. The van der Waals surface area contributed by atoms with E-state index in [4.69, 9.17) is 4.74 Å². The van der Waals surface area contributed by atoms with E-state index in [9.17, 15) is 25.2 Å². The van der Waals surface area contributed by atoms with E-state index in [-0.39, 0.29) is 11.8 Å². The number of amides is 1. The van der Waals surface area contributed by atoms with Gasteiger partial charge in [-0.2, -0.15) is 0 Å². The molecule has 2 aliphatic heterocycles. The van der Waals surface area contributed by atoms with Gasteiger partial charge in [-0.05, 0) is 36.1 Å². The number of hydrogen-bond acceptors (Lipinski definition) is 6. The van der Waals surface area contributed by atoms with Crippen LogP contribution in [0.4, 0.5) is 5.69 Å². The van der Waals surface area contributed by atoms with Crippen LogP contribution in [0, 0.1) is 0 Å². The number of rotatable bonds is 6. The molecule has 2 fully saturated rings. The molecule has 4 N–H and O–H groups in total. The third kappa shape index (κ3) is 3.99. The summed E-state index contributed by atoms with van der Waals surface area (Å²) in [6.45, 7) is 0.235. The van der Waals surface area contributed by atoms with Crippen molar-refractivity contribution >= 4 is 11.6 Å². The Bertz CT molecular complexity index is 856. The lowest BCUT2D eigenvalue weighted by Gasteiger charge is -2.40. The van der Waals surface area contributed by atoms with Crippen LogP contribution in [-0.2, 0) is 16.0 Å². The molecule has 2 aliphatic rings. The Morgan fingerprint density at radius 2 is 1.57 bits per heavy atom. The normalized spacial score (nSPS) is 31.5. The largest absolute Gasteiger partial charge is 0.394 e. The molecule has 7 heteroatoms. The average molecular weight is 413 g/mol. The van der Waals surface area contributed by atoms with Gasteiger partial charge >= 0.3 is 0 Å². The highest BCUT2D eigenvalue weighted by Crippen LogP contribution is 2.33. The molecule has 2 aromatic rings. The molecule has 4 rings (SSSR count). The third-order valence-electron chi connectivity index (χ3n) is 6.09. The van der Waals surface area contributed by atoms with Crippen molar-refractivity contribution in [3.05, 3.63) is 65.7 Å². The minimum atomic E-state index is -1.35. The fraction of sp³-hybridized carbons (Fsp3) is 0.435. The second kappa shape index (κ2) is 8.83. The molecule has 0 radical (unpaired) electrons. The number of anilines is 1. The second-order valence-corrected chi connectivity index (χ2v) is 7.98. The van der Waals surface area contributed by atoms with Crippen LogP contribution in [-0.4, -0.2) is 70.0 Å². The van der Waals surface area contributed by atoms with Crippen LogP contribution in [0.25, 0.3) is 0 Å². The molecule has 2 saturated heterocycles. The van der Waals surface area contributed by atoms with Crippen molar-refractivity contribution in [1.82, 2.24) is 0 Å². The molecule has 1 amide bonds. The first-order chi connectivity index (χ1) is 14.5. The molecule has 0 saturated carbocycles. The number of hydrogen-bond donors (Lipinski definition) is 4. The van der Waals surface area contributed by atoms with Crippen LogP contribution in [0.3, 0.4) is 0 Å². The van der Waals surface area contributed by atoms with Crippen LogP contribution in [0.5, 0.6) is 0 Å². The molecule has 2 heterocycles. The first-order valence-electron chi connectivity index (χ1n) is 10.3. The van der Waals surface area contributed by atoms with Crippen LogP contribution in [0.2, 0.25) is 0 Å². The minimum absolute atomic E-state index is 0.0928. The van der Waals surface area contributed by atoms with Gasteiger partial charge in [-0.1, -0.05) is 42.5 Å². The molecular weight excluding hydrogens is 386 g/mol. The lowest BCUT2D eigenvalue weighted by molar-refractivity contribution is -0.230. The molecular formula is C23H27NO6. The van der Waals surface area contributed by atoms with E-state index in [0.717, 1.165) is 16.8 Å². The summed E-state index contributed by atoms with van der Waals surface area (Å²) in [4.78, 5) is 14.3. The van der Waals surface area contributed by atoms with Crippen molar-refractivity contribution in [2.45, 2.75) is 49.3 Å². The Balaban J connectivity index is 1.33. The maximum Gasteiger partial charge on any atom is 0.236 e. The fourth-order valence-electron chi connectivity index (χ4n) is 4.16. The summed E-state index contributed by atoms with van der Waals surface area (Å²) < 4.78 is 5.55. The van der Waals surface area contributed by atoms with Gasteiger partial charge in [0.25, 0.3) is 0 Å². The van der Waals surface area contributed by atoms with Gasteiger partial charge in [0.05, 0.1) is 18.6 Å². The summed E-state index contributed by atoms with van der Waals surface area (Å²) in [7, 11) is 0. The molecule has 1 unspecified atom stereocenters. The summed E-state index contributed by atoms with van der Waals surface area (Å²) >= 11 is 0. The Morgan fingerprint density at radius 3 is 2.20 bits per heavy atom. The van der Waals surface area contributed by atoms with Crippen molar-refractivity contribution in [2.75, 3.05) is 18.1 Å². The summed E-state index contributed by atoms with van der Waals surface area (Å²) in [5.41, 5.74) is 2.90. The number of aliphatic hydroxyl groups excluding tert-OH is 4. The third-order valence-corrected chi connectivity index (χ3v) is 6.09. The highest BCUT2D eigenvalue weighted by Gasteiger charge is 2.43. The van der Waals surface area contributed by atoms with E-state index in [1.807, 2.05) is 54.6 Å². The first kappa shape index (κ1) is 21.0. The average Bonchev–Trinajstić information content (AvgIpc) is 2.78. The zero-order chi connectivity index (χ0) is 21.3. The Kier molecular flexibility index (Phi) is 6.17. The molecule has 0 spiro atoms. The summed E-state index contributed by atoms with van der Waals surface area (Å²) in [5.74, 6) is -0.0417. The van der Waals surface area contributed by atoms with Crippen molar-refractivity contribution in [3.8, 4) is 0 Å². The van der Waals surface area contributed by atoms with Crippen LogP contribution >= 0.6 is 0 Å². The van der Waals surface area contributed by atoms with E-state index in [0.29, 0.717) is 19.4 Å². The molecule has 0 aliphatic carbocycles. The zero-order valence-corrected chi connectivity index (χ0v) is 16.5. The van der Waals surface area contributed by atoms with E-state index in [2.05, 4.69) is 0 Å². The van der Waals surface area contributed by atoms with Gasteiger partial charge in [-0.15, -0.1) is 0 Å². The molecule has 2 aromatic carbocycles. The molecule has 30 heavy (non-hydrogen) atoms. The van der Waals surface area contributed by atoms with Crippen LogP contribution in [0.15, 0.2) is 54.6 Å². The van der Waals surface area contributed by atoms with Gasteiger partial charge in [-0.25, -0.2) is 0 Å². The second-order valence-electron chi connectivity index (χ2n) is 7.98. The predicted octanol–water partition coefficient (Wildman–Crippen LogP) is 0.592. The monoisotopic (exact) mass is 413 g/mol. The van der Waals surface area contributed by atoms with Crippen molar-refractivity contribution < 1.29 is 30.0 Å². The standard InChI is InChI=1S/C23H27NO6/c25-13-19-21(27)22(28)20(26)18(30-19)11-8-14-6-9-15(10-7-14)17-12-24(23(17)29)16-4-2-1-3-5-16/h1-7,9-10,17-22,25-28H,8,11-13H2/t17?,18-,19+,20-,21+,22+/m0/s1. The first-order valence-corrected chi connectivity index (χ1v) is 10.3. The summed E-state index contributed by atoms with van der Waals surface area (Å²) in [5, 5.41) is 39.2. The summed E-state index contributed by atoms with van der Waals surface area (Å²) in [6, 6.07) is 17.4. The lowest BCUT2D eigenvalue weighted by atomic mass is 9.88. The number of aliphatic hydroxyl groups is 4. The topological polar surface area (TPSA) is 110 Å². The van der Waals surface area contributed by atoms with Crippen LogP contribution < -0.4 is 4.90 Å². The molecule has 160 valence electrons. The Morgan fingerprint density at radius 1 is 0.900 bits per heavy atom. The number of β-lactam (4-membered cyclic amide) rings is 1. The van der Waals surface area contributed by atoms with Gasteiger partial charge in [0.15, 0.2) is 0 Å².